The van der Waals surface area contributed by atoms with Crippen LogP contribution in [0.3, 0.4) is 0 Å². The molecule has 3 aromatic rings. The number of aromatic nitrogens is 2. The molecule has 2 N–H and O–H groups in total. The van der Waals surface area contributed by atoms with Crippen LogP contribution >= 0.6 is 23.8 Å². The maximum absolute atomic E-state index is 12.7. The number of hydrogen-bond acceptors (Lipinski definition) is 4. The monoisotopic (exact) mass is 455 g/mol. The van der Waals surface area contributed by atoms with E-state index in [9.17, 15) is 9.59 Å². The van der Waals surface area contributed by atoms with Crippen LogP contribution in [0.25, 0.3) is 5.69 Å². The summed E-state index contributed by atoms with van der Waals surface area (Å²) in [6, 6.07) is 17.1. The third-order valence-electron chi connectivity index (χ3n) is 5.25. The Morgan fingerprint density at radius 2 is 1.65 bits per heavy atom. The van der Waals surface area contributed by atoms with Crippen molar-refractivity contribution >= 4 is 41.3 Å². The van der Waals surface area contributed by atoms with Crippen molar-refractivity contribution in [3.05, 3.63) is 76.3 Å². The number of rotatable bonds is 5. The van der Waals surface area contributed by atoms with Gasteiger partial charge in [0.2, 0.25) is 5.91 Å². The Morgan fingerprint density at radius 1 is 0.968 bits per heavy atom. The maximum atomic E-state index is 12.7. The van der Waals surface area contributed by atoms with Gasteiger partial charge in [-0.3, -0.25) is 14.2 Å². The molecule has 1 saturated heterocycles. The summed E-state index contributed by atoms with van der Waals surface area (Å²) in [5, 5.41) is 3.42. The molecule has 2 aromatic carbocycles. The SMILES string of the molecule is O=C(NCC(=O)N1CCN(c2ccc(Cl)cc2)CC1)c1c[nH]c(=S)n1-c1ccccc1. The molecule has 0 atom stereocenters. The van der Waals surface area contributed by atoms with E-state index in [1.165, 1.54) is 0 Å². The summed E-state index contributed by atoms with van der Waals surface area (Å²) in [7, 11) is 0. The van der Waals surface area contributed by atoms with E-state index in [1.54, 1.807) is 15.7 Å². The van der Waals surface area contributed by atoms with Gasteiger partial charge in [0, 0.05) is 48.8 Å². The zero-order valence-corrected chi connectivity index (χ0v) is 18.3. The number of H-pyrrole nitrogens is 1. The third kappa shape index (κ3) is 4.81. The fraction of sp³-hybridized carbons (Fsp3) is 0.227. The average molecular weight is 456 g/mol. The second kappa shape index (κ2) is 9.36. The van der Waals surface area contributed by atoms with Crippen LogP contribution in [0, 0.1) is 4.77 Å². The van der Waals surface area contributed by atoms with E-state index >= 15 is 0 Å². The molecule has 1 aliphatic rings. The standard InChI is InChI=1S/C22H22ClN5O2S/c23-16-6-8-17(9-7-16)26-10-12-27(13-11-26)20(29)15-24-21(30)19-14-25-22(31)28(19)18-4-2-1-3-5-18/h1-9,14H,10-13,15H2,(H,24,30)(H,25,31). The molecule has 0 radical (unpaired) electrons. The molecule has 1 aromatic heterocycles. The lowest BCUT2D eigenvalue weighted by Crippen LogP contribution is -2.51. The molecule has 0 bridgehead atoms. The zero-order chi connectivity index (χ0) is 21.8. The summed E-state index contributed by atoms with van der Waals surface area (Å²) in [6.07, 6.45) is 1.56. The second-order valence-electron chi connectivity index (χ2n) is 7.18. The number of anilines is 1. The number of imidazole rings is 1. The summed E-state index contributed by atoms with van der Waals surface area (Å²) in [4.78, 5) is 32.2. The van der Waals surface area contributed by atoms with E-state index in [2.05, 4.69) is 15.2 Å². The van der Waals surface area contributed by atoms with Gasteiger partial charge in [-0.25, -0.2) is 0 Å². The van der Waals surface area contributed by atoms with E-state index in [0.717, 1.165) is 24.5 Å². The predicted octanol–water partition coefficient (Wildman–Crippen LogP) is 3.27. The first-order valence-corrected chi connectivity index (χ1v) is 10.7. The van der Waals surface area contributed by atoms with Gasteiger partial charge in [-0.2, -0.15) is 0 Å². The number of nitrogens with zero attached hydrogens (tertiary/aromatic N) is 3. The molecular weight excluding hydrogens is 434 g/mol. The van der Waals surface area contributed by atoms with E-state index < -0.39 is 0 Å². The van der Waals surface area contributed by atoms with Gasteiger partial charge in [0.15, 0.2) is 4.77 Å². The number of amides is 2. The van der Waals surface area contributed by atoms with Crippen LogP contribution in [0.15, 0.2) is 60.8 Å². The van der Waals surface area contributed by atoms with Gasteiger partial charge in [-0.1, -0.05) is 29.8 Å². The van der Waals surface area contributed by atoms with Gasteiger partial charge in [0.05, 0.1) is 6.54 Å². The molecule has 2 amide bonds. The molecule has 0 spiro atoms. The van der Waals surface area contributed by atoms with Crippen LogP contribution in [-0.4, -0.2) is 59.0 Å². The minimum Gasteiger partial charge on any atom is -0.368 e. The number of carbonyl (C=O) groups excluding carboxylic acids is 2. The van der Waals surface area contributed by atoms with E-state index in [1.807, 2.05) is 54.6 Å². The van der Waals surface area contributed by atoms with E-state index in [4.69, 9.17) is 23.8 Å². The first kappa shape index (κ1) is 21.1. The van der Waals surface area contributed by atoms with Crippen molar-refractivity contribution in [2.24, 2.45) is 0 Å². The van der Waals surface area contributed by atoms with E-state index in [0.29, 0.717) is 28.6 Å². The van der Waals surface area contributed by atoms with Crippen LogP contribution < -0.4 is 10.2 Å². The van der Waals surface area contributed by atoms with Crippen LogP contribution in [0.5, 0.6) is 0 Å². The van der Waals surface area contributed by atoms with Crippen molar-refractivity contribution in [2.45, 2.75) is 0 Å². The first-order chi connectivity index (χ1) is 15.0. The first-order valence-electron chi connectivity index (χ1n) is 9.95. The normalized spacial score (nSPS) is 13.8. The molecule has 0 saturated carbocycles. The second-order valence-corrected chi connectivity index (χ2v) is 8.00. The average Bonchev–Trinajstić information content (AvgIpc) is 3.20. The maximum Gasteiger partial charge on any atom is 0.270 e. The summed E-state index contributed by atoms with van der Waals surface area (Å²) in [5.41, 5.74) is 2.22. The highest BCUT2D eigenvalue weighted by Crippen LogP contribution is 2.19. The molecule has 9 heteroatoms. The predicted molar refractivity (Wildman–Crippen MR) is 124 cm³/mol. The fourth-order valence-corrected chi connectivity index (χ4v) is 3.98. The minimum atomic E-state index is -0.357. The van der Waals surface area contributed by atoms with Gasteiger partial charge in [0.1, 0.15) is 5.69 Å². The van der Waals surface area contributed by atoms with Crippen molar-refractivity contribution < 1.29 is 9.59 Å². The van der Waals surface area contributed by atoms with Crippen LogP contribution in [0.4, 0.5) is 5.69 Å². The molecule has 0 aliphatic carbocycles. The number of nitrogens with one attached hydrogen (secondary N) is 2. The Hall–Kier alpha value is -3.10. The van der Waals surface area contributed by atoms with Crippen molar-refractivity contribution in [1.82, 2.24) is 19.8 Å². The van der Waals surface area contributed by atoms with Crippen LogP contribution in [-0.2, 0) is 4.79 Å². The molecular formula is C22H22ClN5O2S. The Bertz CT molecular complexity index is 1120. The summed E-state index contributed by atoms with van der Waals surface area (Å²) in [6.45, 7) is 2.59. The smallest absolute Gasteiger partial charge is 0.270 e. The van der Waals surface area contributed by atoms with Crippen molar-refractivity contribution in [2.75, 3.05) is 37.6 Å². The highest BCUT2D eigenvalue weighted by atomic mass is 35.5. The quantitative estimate of drug-likeness (QED) is 0.579. The number of halogens is 1. The van der Waals surface area contributed by atoms with Gasteiger partial charge in [-0.05, 0) is 48.6 Å². The highest BCUT2D eigenvalue weighted by molar-refractivity contribution is 7.71. The molecule has 1 fully saturated rings. The molecule has 0 unspecified atom stereocenters. The lowest BCUT2D eigenvalue weighted by Gasteiger charge is -2.36. The Balaban J connectivity index is 1.33. The molecule has 1 aliphatic heterocycles. The van der Waals surface area contributed by atoms with Gasteiger partial charge in [0.25, 0.3) is 5.91 Å². The minimum absolute atomic E-state index is 0.0630. The topological polar surface area (TPSA) is 73.4 Å². The lowest BCUT2D eigenvalue weighted by atomic mass is 10.2. The van der Waals surface area contributed by atoms with Crippen molar-refractivity contribution in [1.29, 1.82) is 0 Å². The highest BCUT2D eigenvalue weighted by Gasteiger charge is 2.22. The van der Waals surface area contributed by atoms with Gasteiger partial charge in [-0.15, -0.1) is 0 Å². The van der Waals surface area contributed by atoms with Gasteiger partial charge < -0.3 is 20.1 Å². The molecule has 7 nitrogen and oxygen atoms in total. The van der Waals surface area contributed by atoms with Gasteiger partial charge >= 0.3 is 0 Å². The van der Waals surface area contributed by atoms with E-state index in [-0.39, 0.29) is 18.4 Å². The van der Waals surface area contributed by atoms with Crippen molar-refractivity contribution in [3.8, 4) is 5.69 Å². The van der Waals surface area contributed by atoms with Crippen LogP contribution in [0.1, 0.15) is 10.5 Å². The number of carbonyl (C=O) groups is 2. The Labute approximate surface area is 190 Å². The van der Waals surface area contributed by atoms with Crippen LogP contribution in [0.2, 0.25) is 5.02 Å². The Morgan fingerprint density at radius 3 is 2.32 bits per heavy atom. The number of hydrogen-bond donors (Lipinski definition) is 2. The molecule has 160 valence electrons. The number of benzene rings is 2. The van der Waals surface area contributed by atoms with Crippen molar-refractivity contribution in [3.63, 3.8) is 0 Å². The molecule has 4 rings (SSSR count). The summed E-state index contributed by atoms with van der Waals surface area (Å²) >= 11 is 11.3. The molecule has 31 heavy (non-hydrogen) atoms. The summed E-state index contributed by atoms with van der Waals surface area (Å²) in [5.74, 6) is -0.464. The zero-order valence-electron chi connectivity index (χ0n) is 16.8. The number of aromatic amines is 1. The Kier molecular flexibility index (Phi) is 6.39. The largest absolute Gasteiger partial charge is 0.368 e. The lowest BCUT2D eigenvalue weighted by molar-refractivity contribution is -0.130. The molecule has 2 heterocycles. The number of para-hydroxylation sites is 1. The summed E-state index contributed by atoms with van der Waals surface area (Å²) < 4.78 is 2.07. The number of piperazine rings is 1. The third-order valence-corrected chi connectivity index (χ3v) is 5.80. The fourth-order valence-electron chi connectivity index (χ4n) is 3.59.